The summed E-state index contributed by atoms with van der Waals surface area (Å²) in [6.07, 6.45) is 5.77. The van der Waals surface area contributed by atoms with Crippen molar-refractivity contribution in [3.8, 4) is 0 Å². The van der Waals surface area contributed by atoms with Gasteiger partial charge >= 0.3 is 0 Å². The van der Waals surface area contributed by atoms with Crippen LogP contribution in [0.25, 0.3) is 0 Å². The molecule has 116 valence electrons. The Hall–Kier alpha value is -0.970. The van der Waals surface area contributed by atoms with Crippen LogP contribution in [0, 0.1) is 12.8 Å². The van der Waals surface area contributed by atoms with Gasteiger partial charge in [-0.15, -0.1) is 0 Å². The summed E-state index contributed by atoms with van der Waals surface area (Å²) in [6.45, 7) is 8.04. The summed E-state index contributed by atoms with van der Waals surface area (Å²) in [5.74, 6) is 0.626. The summed E-state index contributed by atoms with van der Waals surface area (Å²) < 4.78 is 11.5. The molecule has 1 aromatic rings. The van der Waals surface area contributed by atoms with Crippen LogP contribution in [0.1, 0.15) is 30.5 Å². The lowest BCUT2D eigenvalue weighted by molar-refractivity contribution is -0.0117. The van der Waals surface area contributed by atoms with E-state index >= 15 is 0 Å². The molecule has 0 aliphatic carbocycles. The first-order valence-electron chi connectivity index (χ1n) is 8.13. The van der Waals surface area contributed by atoms with E-state index in [2.05, 4.69) is 22.9 Å². The average molecular weight is 290 g/mol. The lowest BCUT2D eigenvalue weighted by Crippen LogP contribution is -2.37. The van der Waals surface area contributed by atoms with Gasteiger partial charge in [0.15, 0.2) is 0 Å². The van der Waals surface area contributed by atoms with Gasteiger partial charge in [0.05, 0.1) is 19.3 Å². The van der Waals surface area contributed by atoms with Gasteiger partial charge in [0.1, 0.15) is 0 Å². The molecular weight excluding hydrogens is 264 g/mol. The Bertz CT molecular complexity index is 438. The minimum atomic E-state index is 0.442. The molecule has 0 unspecified atom stereocenters. The standard InChI is InChI=1S/C17H26N2O2/c1-14-16(3-2-7-18-14)11-19-8-4-17(5-9-19)21-13-15-6-10-20-12-15/h2-3,7,15,17H,4-6,8-13H2,1H3/t15-/m1/s1. The SMILES string of the molecule is Cc1ncccc1CN1CCC(OC[C@@H]2CCOC2)CC1. The van der Waals surface area contributed by atoms with Crippen LogP contribution in [0.5, 0.6) is 0 Å². The molecule has 0 amide bonds. The maximum Gasteiger partial charge on any atom is 0.0599 e. The van der Waals surface area contributed by atoms with Gasteiger partial charge < -0.3 is 9.47 Å². The predicted molar refractivity (Wildman–Crippen MR) is 82.2 cm³/mol. The molecule has 1 atom stereocenters. The highest BCUT2D eigenvalue weighted by molar-refractivity contribution is 5.18. The first-order valence-corrected chi connectivity index (χ1v) is 8.13. The molecular formula is C17H26N2O2. The Morgan fingerprint density at radius 3 is 2.90 bits per heavy atom. The molecule has 0 saturated carbocycles. The molecule has 21 heavy (non-hydrogen) atoms. The normalized spacial score (nSPS) is 24.5. The smallest absolute Gasteiger partial charge is 0.0599 e. The molecule has 4 heteroatoms. The number of piperidine rings is 1. The second kappa shape index (κ2) is 7.34. The summed E-state index contributed by atoms with van der Waals surface area (Å²) in [6, 6.07) is 4.22. The van der Waals surface area contributed by atoms with Crippen molar-refractivity contribution in [2.75, 3.05) is 32.9 Å². The largest absolute Gasteiger partial charge is 0.381 e. The molecule has 2 aliphatic heterocycles. The molecule has 3 heterocycles. The monoisotopic (exact) mass is 290 g/mol. The Labute approximate surface area is 127 Å². The minimum absolute atomic E-state index is 0.442. The van der Waals surface area contributed by atoms with E-state index in [0.29, 0.717) is 12.0 Å². The average Bonchev–Trinajstić information content (AvgIpc) is 3.02. The topological polar surface area (TPSA) is 34.6 Å². The number of pyridine rings is 1. The fourth-order valence-corrected chi connectivity index (χ4v) is 3.15. The first-order chi connectivity index (χ1) is 10.3. The van der Waals surface area contributed by atoms with Crippen molar-refractivity contribution in [3.63, 3.8) is 0 Å². The van der Waals surface area contributed by atoms with Gasteiger partial charge in [-0.1, -0.05) is 6.07 Å². The van der Waals surface area contributed by atoms with E-state index in [1.165, 1.54) is 12.0 Å². The lowest BCUT2D eigenvalue weighted by Gasteiger charge is -2.32. The van der Waals surface area contributed by atoms with E-state index in [0.717, 1.165) is 58.0 Å². The number of hydrogen-bond donors (Lipinski definition) is 0. The molecule has 0 N–H and O–H groups in total. The van der Waals surface area contributed by atoms with E-state index in [4.69, 9.17) is 9.47 Å². The van der Waals surface area contributed by atoms with Crippen LogP contribution in [0.3, 0.4) is 0 Å². The molecule has 3 rings (SSSR count). The van der Waals surface area contributed by atoms with Crippen LogP contribution in [-0.2, 0) is 16.0 Å². The Balaban J connectivity index is 1.39. The number of aromatic nitrogens is 1. The third-order valence-electron chi connectivity index (χ3n) is 4.64. The van der Waals surface area contributed by atoms with E-state index in [9.17, 15) is 0 Å². The van der Waals surface area contributed by atoms with E-state index in [-0.39, 0.29) is 0 Å². The molecule has 0 spiro atoms. The van der Waals surface area contributed by atoms with Crippen molar-refractivity contribution in [1.29, 1.82) is 0 Å². The van der Waals surface area contributed by atoms with Crippen LogP contribution in [0.2, 0.25) is 0 Å². The third-order valence-corrected chi connectivity index (χ3v) is 4.64. The Morgan fingerprint density at radius 2 is 2.19 bits per heavy atom. The summed E-state index contributed by atoms with van der Waals surface area (Å²) in [4.78, 5) is 6.89. The first kappa shape index (κ1) is 14.9. The van der Waals surface area contributed by atoms with E-state index in [1.54, 1.807) is 0 Å². The second-order valence-corrected chi connectivity index (χ2v) is 6.29. The highest BCUT2D eigenvalue weighted by Gasteiger charge is 2.22. The van der Waals surface area contributed by atoms with Crippen molar-refractivity contribution in [2.24, 2.45) is 5.92 Å². The zero-order valence-electron chi connectivity index (χ0n) is 13.0. The summed E-state index contributed by atoms with van der Waals surface area (Å²) >= 11 is 0. The van der Waals surface area contributed by atoms with Crippen LogP contribution in [0.4, 0.5) is 0 Å². The molecule has 2 fully saturated rings. The quantitative estimate of drug-likeness (QED) is 0.834. The maximum absolute atomic E-state index is 6.07. The van der Waals surface area contributed by atoms with Crippen LogP contribution < -0.4 is 0 Å². The fourth-order valence-electron chi connectivity index (χ4n) is 3.15. The molecule has 2 saturated heterocycles. The van der Waals surface area contributed by atoms with Gasteiger partial charge in [-0.25, -0.2) is 0 Å². The van der Waals surface area contributed by atoms with Crippen molar-refractivity contribution in [2.45, 2.75) is 38.8 Å². The maximum atomic E-state index is 6.07. The Morgan fingerprint density at radius 1 is 1.33 bits per heavy atom. The predicted octanol–water partition coefficient (Wildman–Crippen LogP) is 2.41. The van der Waals surface area contributed by atoms with E-state index < -0.39 is 0 Å². The lowest BCUT2D eigenvalue weighted by atomic mass is 10.1. The van der Waals surface area contributed by atoms with Gasteiger partial charge in [0.25, 0.3) is 0 Å². The van der Waals surface area contributed by atoms with Crippen LogP contribution in [-0.4, -0.2) is 48.9 Å². The second-order valence-electron chi connectivity index (χ2n) is 6.29. The molecule has 2 aliphatic rings. The third kappa shape index (κ3) is 4.25. The fraction of sp³-hybridized carbons (Fsp3) is 0.706. The number of ether oxygens (including phenoxy) is 2. The zero-order chi connectivity index (χ0) is 14.5. The molecule has 0 radical (unpaired) electrons. The highest BCUT2D eigenvalue weighted by Crippen LogP contribution is 2.19. The van der Waals surface area contributed by atoms with Gasteiger partial charge in [-0.2, -0.15) is 0 Å². The van der Waals surface area contributed by atoms with Gasteiger partial charge in [-0.3, -0.25) is 9.88 Å². The van der Waals surface area contributed by atoms with Crippen molar-refractivity contribution in [1.82, 2.24) is 9.88 Å². The van der Waals surface area contributed by atoms with Crippen molar-refractivity contribution >= 4 is 0 Å². The summed E-state index contributed by atoms with van der Waals surface area (Å²) in [7, 11) is 0. The Kier molecular flexibility index (Phi) is 5.22. The highest BCUT2D eigenvalue weighted by atomic mass is 16.5. The van der Waals surface area contributed by atoms with E-state index in [1.807, 2.05) is 12.3 Å². The van der Waals surface area contributed by atoms with Crippen molar-refractivity contribution in [3.05, 3.63) is 29.6 Å². The molecule has 0 aromatic carbocycles. The summed E-state index contributed by atoms with van der Waals surface area (Å²) in [5, 5.41) is 0. The number of likely N-dealkylation sites (tertiary alicyclic amines) is 1. The number of nitrogens with zero attached hydrogens (tertiary/aromatic N) is 2. The van der Waals surface area contributed by atoms with Gasteiger partial charge in [-0.05, 0) is 37.8 Å². The molecule has 4 nitrogen and oxygen atoms in total. The summed E-state index contributed by atoms with van der Waals surface area (Å²) in [5.41, 5.74) is 2.50. The minimum Gasteiger partial charge on any atom is -0.381 e. The molecule has 1 aromatic heterocycles. The van der Waals surface area contributed by atoms with Crippen LogP contribution >= 0.6 is 0 Å². The zero-order valence-corrected chi connectivity index (χ0v) is 13.0. The number of hydrogen-bond acceptors (Lipinski definition) is 4. The van der Waals surface area contributed by atoms with Gasteiger partial charge in [0, 0.05) is 44.0 Å². The van der Waals surface area contributed by atoms with Crippen molar-refractivity contribution < 1.29 is 9.47 Å². The number of rotatable bonds is 5. The number of aryl methyl sites for hydroxylation is 1. The molecule has 0 bridgehead atoms. The van der Waals surface area contributed by atoms with Gasteiger partial charge in [0.2, 0.25) is 0 Å². The van der Waals surface area contributed by atoms with Crippen LogP contribution in [0.15, 0.2) is 18.3 Å².